The van der Waals surface area contributed by atoms with Crippen LogP contribution in [0.3, 0.4) is 0 Å². The van der Waals surface area contributed by atoms with E-state index in [-0.39, 0.29) is 56.2 Å². The first-order chi connectivity index (χ1) is 27.9. The average Bonchev–Trinajstić information content (AvgIpc) is 3.49. The quantitative estimate of drug-likeness (QED) is 0.101. The third-order valence-electron chi connectivity index (χ3n) is 10.7. The van der Waals surface area contributed by atoms with E-state index in [0.717, 1.165) is 34.7 Å². The van der Waals surface area contributed by atoms with Crippen LogP contribution in [0.2, 0.25) is 15.1 Å². The summed E-state index contributed by atoms with van der Waals surface area (Å²) in [6, 6.07) is 19.4. The summed E-state index contributed by atoms with van der Waals surface area (Å²) in [4.78, 5) is 42.8. The molecule has 0 saturated heterocycles. The van der Waals surface area contributed by atoms with Crippen molar-refractivity contribution in [2.24, 2.45) is 15.3 Å². The van der Waals surface area contributed by atoms with E-state index in [9.17, 15) is 19.5 Å². The Kier molecular flexibility index (Phi) is 14.5. The molecule has 3 amide bonds. The van der Waals surface area contributed by atoms with Crippen molar-refractivity contribution < 1.29 is 24.2 Å². The predicted molar refractivity (Wildman–Crippen MR) is 237 cm³/mol. The number of hydrazone groups is 1. The first-order valence-corrected chi connectivity index (χ1v) is 20.4. The number of halogens is 3. The van der Waals surface area contributed by atoms with Gasteiger partial charge in [-0.1, -0.05) is 94.5 Å². The van der Waals surface area contributed by atoms with E-state index in [1.54, 1.807) is 24.3 Å². The largest absolute Gasteiger partial charge is 0.483 e. The zero-order chi connectivity index (χ0) is 43.2. The molecule has 4 aromatic rings. The molecule has 12 nitrogen and oxygen atoms in total. The van der Waals surface area contributed by atoms with Crippen molar-refractivity contribution >= 4 is 81.1 Å². The molecule has 1 aliphatic heterocycles. The molecule has 1 aliphatic rings. The molecule has 0 aromatic heterocycles. The first-order valence-electron chi connectivity index (χ1n) is 19.3. The molecule has 0 saturated carbocycles. The number of amides is 3. The van der Waals surface area contributed by atoms with Crippen LogP contribution < -0.4 is 25.3 Å². The maximum Gasteiger partial charge on any atom is 0.282 e. The SMILES string of the molecule is CCC(C)(C)c1ccc(OCC(=O)Nc2cccc(C(=O)NC3=NN(c4c(Cl)cc(Cl)cc4Cl)C(=O)C3N=Nc3ccc(N(C)CCO)cc3C)c2)c(C(C)(C)CC)c1. The van der Waals surface area contributed by atoms with Gasteiger partial charge < -0.3 is 25.4 Å². The topological polar surface area (TPSA) is 148 Å². The van der Waals surface area contributed by atoms with Crippen molar-refractivity contribution in [3.8, 4) is 5.75 Å². The number of carbonyl (C=O) groups is 3. The second kappa shape index (κ2) is 18.9. The normalized spacial score (nSPS) is 14.4. The minimum atomic E-state index is -1.39. The van der Waals surface area contributed by atoms with Crippen molar-refractivity contribution in [1.82, 2.24) is 5.32 Å². The number of aryl methyl sites for hydroxylation is 1. The van der Waals surface area contributed by atoms with Gasteiger partial charge in [-0.05, 0) is 96.3 Å². The molecule has 59 heavy (non-hydrogen) atoms. The van der Waals surface area contributed by atoms with Crippen LogP contribution in [-0.4, -0.2) is 61.5 Å². The van der Waals surface area contributed by atoms with Crippen LogP contribution in [-0.2, 0) is 20.4 Å². The highest BCUT2D eigenvalue weighted by Crippen LogP contribution is 2.40. The smallest absolute Gasteiger partial charge is 0.282 e. The third kappa shape index (κ3) is 10.6. The van der Waals surface area contributed by atoms with Gasteiger partial charge in [0.1, 0.15) is 11.4 Å². The van der Waals surface area contributed by atoms with E-state index in [0.29, 0.717) is 23.7 Å². The number of nitrogens with zero attached hydrogens (tertiary/aromatic N) is 5. The summed E-state index contributed by atoms with van der Waals surface area (Å²) < 4.78 is 6.11. The summed E-state index contributed by atoms with van der Waals surface area (Å²) in [7, 11) is 1.85. The van der Waals surface area contributed by atoms with Crippen molar-refractivity contribution in [3.63, 3.8) is 0 Å². The summed E-state index contributed by atoms with van der Waals surface area (Å²) >= 11 is 19.1. The number of aliphatic hydroxyl groups excluding tert-OH is 1. The lowest BCUT2D eigenvalue weighted by atomic mass is 9.76. The Labute approximate surface area is 360 Å². The average molecular weight is 863 g/mol. The van der Waals surface area contributed by atoms with Crippen molar-refractivity contribution in [3.05, 3.63) is 110 Å². The molecule has 5 rings (SSSR count). The fourth-order valence-corrected chi connectivity index (χ4v) is 7.17. The van der Waals surface area contributed by atoms with Gasteiger partial charge >= 0.3 is 0 Å². The molecule has 3 N–H and O–H groups in total. The number of rotatable bonds is 15. The molecular weight excluding hydrogens is 813 g/mol. The van der Waals surface area contributed by atoms with Crippen molar-refractivity contribution in [2.45, 2.75) is 78.2 Å². The molecule has 312 valence electrons. The molecule has 0 fully saturated rings. The van der Waals surface area contributed by atoms with Gasteiger partial charge in [-0.2, -0.15) is 15.2 Å². The Morgan fingerprint density at radius 1 is 0.932 bits per heavy atom. The number of anilines is 3. The maximum absolute atomic E-state index is 13.9. The Balaban J connectivity index is 1.36. The van der Waals surface area contributed by atoms with Crippen molar-refractivity contribution in [1.29, 1.82) is 0 Å². The van der Waals surface area contributed by atoms with Crippen molar-refractivity contribution in [2.75, 3.05) is 42.0 Å². The minimum Gasteiger partial charge on any atom is -0.483 e. The Bertz CT molecular complexity index is 2270. The predicted octanol–water partition coefficient (Wildman–Crippen LogP) is 10.0. The summed E-state index contributed by atoms with van der Waals surface area (Å²) in [5.41, 5.74) is 4.70. The number of hydrogen-bond acceptors (Lipinski definition) is 9. The van der Waals surface area contributed by atoms with E-state index < -0.39 is 23.8 Å². The lowest BCUT2D eigenvalue weighted by Gasteiger charge is -2.30. The van der Waals surface area contributed by atoms with Crippen LogP contribution >= 0.6 is 34.8 Å². The van der Waals surface area contributed by atoms with E-state index in [2.05, 4.69) is 79.6 Å². The zero-order valence-electron chi connectivity index (χ0n) is 34.5. The van der Waals surface area contributed by atoms with Crippen LogP contribution in [0, 0.1) is 6.92 Å². The van der Waals surface area contributed by atoms with Gasteiger partial charge in [0.15, 0.2) is 12.4 Å². The summed E-state index contributed by atoms with van der Waals surface area (Å²) in [6.45, 7) is 15.1. The zero-order valence-corrected chi connectivity index (χ0v) is 36.8. The number of hydrogen-bond donors (Lipinski definition) is 3. The van der Waals surface area contributed by atoms with Crippen LogP contribution in [0.4, 0.5) is 22.7 Å². The highest BCUT2D eigenvalue weighted by atomic mass is 35.5. The highest BCUT2D eigenvalue weighted by molar-refractivity contribution is 6.43. The highest BCUT2D eigenvalue weighted by Gasteiger charge is 2.40. The number of likely N-dealkylation sites (N-methyl/N-ethyl adjacent to an activating group) is 1. The fourth-order valence-electron chi connectivity index (χ4n) is 6.19. The lowest BCUT2D eigenvalue weighted by molar-refractivity contribution is -0.118. The molecule has 4 aromatic carbocycles. The fraction of sp³-hybridized carbons (Fsp3) is 0.364. The number of nitrogens with one attached hydrogen (secondary N) is 2. The minimum absolute atomic E-state index is 0.00710. The number of aliphatic hydroxyl groups is 1. The number of azo groups is 1. The van der Waals surface area contributed by atoms with Gasteiger partial charge in [-0.25, -0.2) is 0 Å². The lowest BCUT2D eigenvalue weighted by Crippen LogP contribution is -2.39. The molecule has 0 aliphatic carbocycles. The van der Waals surface area contributed by atoms with E-state index in [4.69, 9.17) is 39.5 Å². The third-order valence-corrected chi connectivity index (χ3v) is 11.5. The summed E-state index contributed by atoms with van der Waals surface area (Å²) in [6.07, 6.45) is 1.85. The Morgan fingerprint density at radius 3 is 2.27 bits per heavy atom. The van der Waals surface area contributed by atoms with Gasteiger partial charge in [0.2, 0.25) is 6.04 Å². The first kappa shape index (κ1) is 45.1. The second-order valence-corrected chi connectivity index (χ2v) is 16.9. The molecule has 0 spiro atoms. The molecule has 0 bridgehead atoms. The van der Waals surface area contributed by atoms with E-state index in [1.165, 1.54) is 23.8 Å². The molecule has 1 atom stereocenters. The van der Waals surface area contributed by atoms with Crippen LogP contribution in [0.25, 0.3) is 0 Å². The summed E-state index contributed by atoms with van der Waals surface area (Å²) in [5, 5.41) is 29.3. The summed E-state index contributed by atoms with van der Waals surface area (Å²) in [5.74, 6) is -1.22. The molecule has 0 radical (unpaired) electrons. The number of amidine groups is 1. The Hall–Kier alpha value is -5.01. The van der Waals surface area contributed by atoms with Crippen LogP contribution in [0.1, 0.15) is 81.4 Å². The monoisotopic (exact) mass is 861 g/mol. The number of ether oxygens (including phenoxy) is 1. The van der Waals surface area contributed by atoms with E-state index in [1.807, 2.05) is 37.1 Å². The van der Waals surface area contributed by atoms with Gasteiger partial charge in [-0.3, -0.25) is 14.4 Å². The molecular formula is C44H50Cl3N7O5. The molecule has 1 heterocycles. The Morgan fingerprint density at radius 2 is 1.63 bits per heavy atom. The number of carbonyl (C=O) groups excluding carboxylic acids is 3. The van der Waals surface area contributed by atoms with Gasteiger partial charge in [0.25, 0.3) is 17.7 Å². The van der Waals surface area contributed by atoms with Crippen LogP contribution in [0.5, 0.6) is 5.75 Å². The van der Waals surface area contributed by atoms with Gasteiger partial charge in [-0.15, -0.1) is 5.10 Å². The molecule has 15 heteroatoms. The second-order valence-electron chi connectivity index (χ2n) is 15.6. The number of benzene rings is 4. The molecule has 1 unspecified atom stereocenters. The van der Waals surface area contributed by atoms with Gasteiger partial charge in [0.05, 0.1) is 22.3 Å². The van der Waals surface area contributed by atoms with Crippen LogP contribution in [0.15, 0.2) is 88.1 Å². The van der Waals surface area contributed by atoms with Gasteiger partial charge in [0, 0.05) is 41.1 Å². The maximum atomic E-state index is 13.9. The van der Waals surface area contributed by atoms with E-state index >= 15 is 0 Å². The standard InChI is InChI=1S/C44H50Cl3N7O5/c1-9-43(4,5)28-14-17-36(32(22-28)44(6,7)10-2)59-25-37(56)48-30-13-11-12-27(21-30)41(57)49-40-38(42(58)54(52-40)39-33(46)23-29(45)24-34(39)47)51-50-35-16-15-31(20-26(35)3)53(8)18-19-55/h11-17,20-24,38,55H,9-10,18-19,25H2,1-8H3,(H,48,56)(H,49,52,57).